The Morgan fingerprint density at radius 1 is 0.667 bits per heavy atom. The van der Waals surface area contributed by atoms with Crippen molar-refractivity contribution in [2.45, 2.75) is 103 Å². The summed E-state index contributed by atoms with van der Waals surface area (Å²) in [5.74, 6) is -0.301. The van der Waals surface area contributed by atoms with Crippen LogP contribution in [0.15, 0.2) is 72.9 Å². The first-order chi connectivity index (χ1) is 17.7. The molecule has 36 heavy (non-hydrogen) atoms. The molecule has 0 aliphatic heterocycles. The van der Waals surface area contributed by atoms with Crippen LogP contribution in [0.3, 0.4) is 0 Å². The van der Waals surface area contributed by atoms with Crippen LogP contribution in [0.1, 0.15) is 97.3 Å². The van der Waals surface area contributed by atoms with Gasteiger partial charge in [0.05, 0.1) is 13.2 Å². The molecule has 0 bridgehead atoms. The number of unbranched alkanes of at least 4 members (excludes halogenated alkanes) is 5. The molecule has 0 saturated carbocycles. The van der Waals surface area contributed by atoms with Crippen LogP contribution in [0.25, 0.3) is 0 Å². The van der Waals surface area contributed by atoms with Gasteiger partial charge >= 0.3 is 5.97 Å². The summed E-state index contributed by atoms with van der Waals surface area (Å²) >= 11 is 0. The molecule has 1 unspecified atom stereocenters. The van der Waals surface area contributed by atoms with Crippen LogP contribution in [0, 0.1) is 0 Å². The van der Waals surface area contributed by atoms with Crippen LogP contribution in [0.5, 0.6) is 0 Å². The van der Waals surface area contributed by atoms with Crippen molar-refractivity contribution >= 4 is 5.97 Å². The third-order valence-electron chi connectivity index (χ3n) is 5.35. The second kappa shape index (κ2) is 29.1. The minimum Gasteiger partial charge on any atom is -0.457 e. The summed E-state index contributed by atoms with van der Waals surface area (Å²) in [5, 5.41) is 9.19. The van der Waals surface area contributed by atoms with Gasteiger partial charge in [0.25, 0.3) is 0 Å². The van der Waals surface area contributed by atoms with Crippen LogP contribution in [0.2, 0.25) is 0 Å². The molecule has 4 nitrogen and oxygen atoms in total. The van der Waals surface area contributed by atoms with Gasteiger partial charge in [0.1, 0.15) is 6.10 Å². The summed E-state index contributed by atoms with van der Waals surface area (Å²) in [4.78, 5) is 11.2. The molecule has 0 aliphatic rings. The van der Waals surface area contributed by atoms with Crippen LogP contribution >= 0.6 is 0 Å². The van der Waals surface area contributed by atoms with Crippen molar-refractivity contribution in [2.24, 2.45) is 0 Å². The number of carbonyl (C=O) groups is 1. The molecular formula is C32H52O4. The number of carbonyl (C=O) groups excluding carboxylic acids is 1. The van der Waals surface area contributed by atoms with Gasteiger partial charge in [-0.05, 0) is 57.8 Å². The second-order valence-electron chi connectivity index (χ2n) is 8.69. The Hall–Kier alpha value is -2.17. The average molecular weight is 501 g/mol. The SMILES string of the molecule is CC/C=C\C/C=C\C/C=C\C/C=C\C/C=C\C/C=C\CCCCCCCOCC(CO)OC(=O)CC. The van der Waals surface area contributed by atoms with E-state index in [1.165, 1.54) is 19.3 Å². The Bertz CT molecular complexity index is 655. The summed E-state index contributed by atoms with van der Waals surface area (Å²) in [5.41, 5.74) is 0. The molecule has 0 fully saturated rings. The first kappa shape index (κ1) is 33.8. The number of esters is 1. The van der Waals surface area contributed by atoms with E-state index >= 15 is 0 Å². The van der Waals surface area contributed by atoms with E-state index in [4.69, 9.17) is 9.47 Å². The molecule has 204 valence electrons. The highest BCUT2D eigenvalue weighted by Crippen LogP contribution is 2.07. The summed E-state index contributed by atoms with van der Waals surface area (Å²) in [6.45, 7) is 4.61. The van der Waals surface area contributed by atoms with E-state index in [1.54, 1.807) is 6.92 Å². The topological polar surface area (TPSA) is 55.8 Å². The average Bonchev–Trinajstić information content (AvgIpc) is 2.89. The maximum Gasteiger partial charge on any atom is 0.305 e. The molecule has 1 atom stereocenters. The third-order valence-corrected chi connectivity index (χ3v) is 5.35. The molecule has 0 aliphatic carbocycles. The van der Waals surface area contributed by atoms with Crippen molar-refractivity contribution in [3.8, 4) is 0 Å². The summed E-state index contributed by atoms with van der Waals surface area (Å²) in [6, 6.07) is 0. The van der Waals surface area contributed by atoms with Gasteiger partial charge in [-0.15, -0.1) is 0 Å². The number of allylic oxidation sites excluding steroid dienone is 12. The third kappa shape index (κ3) is 26.4. The van der Waals surface area contributed by atoms with Crippen LogP contribution < -0.4 is 0 Å². The van der Waals surface area contributed by atoms with Crippen molar-refractivity contribution in [1.82, 2.24) is 0 Å². The normalized spacial score (nSPS) is 13.5. The number of aliphatic hydroxyl groups excluding tert-OH is 1. The van der Waals surface area contributed by atoms with Crippen molar-refractivity contribution in [2.75, 3.05) is 19.8 Å². The van der Waals surface area contributed by atoms with E-state index in [-0.39, 0.29) is 19.2 Å². The maximum atomic E-state index is 11.2. The lowest BCUT2D eigenvalue weighted by Crippen LogP contribution is -2.27. The quantitative estimate of drug-likeness (QED) is 0.0822. The highest BCUT2D eigenvalue weighted by molar-refractivity contribution is 5.69. The molecule has 0 aromatic rings. The molecule has 0 radical (unpaired) electrons. The zero-order valence-corrected chi connectivity index (χ0v) is 23.0. The Labute approximate surface area is 221 Å². The van der Waals surface area contributed by atoms with Crippen LogP contribution in [0.4, 0.5) is 0 Å². The lowest BCUT2D eigenvalue weighted by atomic mass is 10.1. The molecule has 0 rings (SSSR count). The molecule has 0 aromatic heterocycles. The minimum atomic E-state index is -0.543. The Kier molecular flexibility index (Phi) is 27.3. The van der Waals surface area contributed by atoms with Crippen molar-refractivity contribution in [1.29, 1.82) is 0 Å². The number of ether oxygens (including phenoxy) is 2. The van der Waals surface area contributed by atoms with Gasteiger partial charge in [-0.25, -0.2) is 0 Å². The molecule has 0 spiro atoms. The highest BCUT2D eigenvalue weighted by Gasteiger charge is 2.11. The van der Waals surface area contributed by atoms with E-state index in [2.05, 4.69) is 79.8 Å². The van der Waals surface area contributed by atoms with Gasteiger partial charge in [-0.2, -0.15) is 0 Å². The van der Waals surface area contributed by atoms with Crippen molar-refractivity contribution < 1.29 is 19.4 Å². The summed E-state index contributed by atoms with van der Waals surface area (Å²) in [6.07, 6.45) is 39.7. The zero-order chi connectivity index (χ0) is 26.4. The number of aliphatic hydroxyl groups is 1. The highest BCUT2D eigenvalue weighted by atomic mass is 16.6. The fraction of sp³-hybridized carbons (Fsp3) is 0.594. The van der Waals surface area contributed by atoms with Crippen LogP contribution in [-0.4, -0.2) is 37.0 Å². The van der Waals surface area contributed by atoms with E-state index in [0.717, 1.165) is 57.8 Å². The van der Waals surface area contributed by atoms with E-state index < -0.39 is 6.10 Å². The first-order valence-corrected chi connectivity index (χ1v) is 14.0. The van der Waals surface area contributed by atoms with Gasteiger partial charge in [0.15, 0.2) is 0 Å². The van der Waals surface area contributed by atoms with Gasteiger partial charge in [0.2, 0.25) is 0 Å². The predicted molar refractivity (Wildman–Crippen MR) is 154 cm³/mol. The lowest BCUT2D eigenvalue weighted by Gasteiger charge is -2.15. The Morgan fingerprint density at radius 2 is 1.14 bits per heavy atom. The molecule has 1 N–H and O–H groups in total. The van der Waals surface area contributed by atoms with Crippen LogP contribution in [-0.2, 0) is 14.3 Å². The van der Waals surface area contributed by atoms with E-state index in [9.17, 15) is 9.90 Å². The number of rotatable bonds is 24. The minimum absolute atomic E-state index is 0.194. The summed E-state index contributed by atoms with van der Waals surface area (Å²) < 4.78 is 10.6. The maximum absolute atomic E-state index is 11.2. The van der Waals surface area contributed by atoms with E-state index in [0.29, 0.717) is 13.0 Å². The van der Waals surface area contributed by atoms with Gasteiger partial charge < -0.3 is 14.6 Å². The molecule has 4 heteroatoms. The monoisotopic (exact) mass is 500 g/mol. The number of hydrogen-bond donors (Lipinski definition) is 1. The van der Waals surface area contributed by atoms with Crippen molar-refractivity contribution in [3.63, 3.8) is 0 Å². The standard InChI is InChI=1S/C32H52O4/c1-3-5-6-7-8-9-10-11-12-13-14-15-16-17-18-19-20-21-22-23-24-25-26-27-28-35-30-31(29-33)36-32(34)4-2/h5-6,8-9,11-12,14-15,17-18,20-21,31,33H,3-4,7,10,13,16,19,22-30H2,1-2H3/b6-5-,9-8-,12-11-,15-14-,18-17-,21-20-. The van der Waals surface area contributed by atoms with Crippen molar-refractivity contribution in [3.05, 3.63) is 72.9 Å². The molecule has 0 amide bonds. The molecule has 0 aromatic carbocycles. The first-order valence-electron chi connectivity index (χ1n) is 14.0. The van der Waals surface area contributed by atoms with Gasteiger partial charge in [-0.1, -0.05) is 106 Å². The second-order valence-corrected chi connectivity index (χ2v) is 8.69. The zero-order valence-electron chi connectivity index (χ0n) is 23.0. The number of hydrogen-bond acceptors (Lipinski definition) is 4. The molecule has 0 saturated heterocycles. The Morgan fingerprint density at radius 3 is 1.64 bits per heavy atom. The summed E-state index contributed by atoms with van der Waals surface area (Å²) in [7, 11) is 0. The predicted octanol–water partition coefficient (Wildman–Crippen LogP) is 8.36. The van der Waals surface area contributed by atoms with Gasteiger partial charge in [0, 0.05) is 13.0 Å². The van der Waals surface area contributed by atoms with Gasteiger partial charge in [-0.3, -0.25) is 4.79 Å². The van der Waals surface area contributed by atoms with E-state index in [1.807, 2.05) is 0 Å². The smallest absolute Gasteiger partial charge is 0.305 e. The lowest BCUT2D eigenvalue weighted by molar-refractivity contribution is -0.154. The fourth-order valence-electron chi connectivity index (χ4n) is 3.24. The fourth-order valence-corrected chi connectivity index (χ4v) is 3.24. The molecular weight excluding hydrogens is 448 g/mol. The largest absolute Gasteiger partial charge is 0.457 e. The molecule has 0 heterocycles. The Balaban J connectivity index is 3.48.